The fourth-order valence-corrected chi connectivity index (χ4v) is 14.1. The number of carbonyl (C=O) groups is 2. The van der Waals surface area contributed by atoms with Crippen molar-refractivity contribution in [3.05, 3.63) is 12.2 Å². The average molecular weight is 315 g/mol. The van der Waals surface area contributed by atoms with E-state index in [1.807, 2.05) is 0 Å². The van der Waals surface area contributed by atoms with Crippen LogP contribution in [0.1, 0.15) is 39.5 Å². The van der Waals surface area contributed by atoms with E-state index in [0.29, 0.717) is 0 Å². The number of rotatable bonds is 6. The molecule has 3 heteroatoms. The van der Waals surface area contributed by atoms with Gasteiger partial charge in [-0.2, -0.15) is 0 Å². The van der Waals surface area contributed by atoms with Crippen molar-refractivity contribution in [1.29, 1.82) is 0 Å². The number of hydrogen-bond acceptors (Lipinski definition) is 2. The van der Waals surface area contributed by atoms with Crippen molar-refractivity contribution in [2.45, 2.75) is 48.4 Å². The molecular formula is C12H20O2Sn. The van der Waals surface area contributed by atoms with E-state index >= 15 is 0 Å². The molecule has 0 saturated heterocycles. The van der Waals surface area contributed by atoms with Gasteiger partial charge in [-0.05, 0) is 0 Å². The molecule has 84 valence electrons. The van der Waals surface area contributed by atoms with Gasteiger partial charge in [0.25, 0.3) is 0 Å². The Morgan fingerprint density at radius 1 is 0.933 bits per heavy atom. The summed E-state index contributed by atoms with van der Waals surface area (Å²) in [5.41, 5.74) is 0. The zero-order chi connectivity index (χ0) is 11.3. The van der Waals surface area contributed by atoms with E-state index in [0.717, 1.165) is 34.6 Å². The van der Waals surface area contributed by atoms with E-state index in [2.05, 4.69) is 13.8 Å². The zero-order valence-electron chi connectivity index (χ0n) is 9.71. The molecule has 0 aromatic heterocycles. The van der Waals surface area contributed by atoms with E-state index < -0.39 is 18.4 Å². The van der Waals surface area contributed by atoms with E-state index in [1.165, 1.54) is 0 Å². The van der Waals surface area contributed by atoms with Crippen LogP contribution in [0.5, 0.6) is 0 Å². The van der Waals surface area contributed by atoms with E-state index in [-0.39, 0.29) is 7.60 Å². The first-order valence-corrected chi connectivity index (χ1v) is 12.8. The van der Waals surface area contributed by atoms with Crippen LogP contribution >= 0.6 is 0 Å². The quantitative estimate of drug-likeness (QED) is 0.706. The third-order valence-corrected chi connectivity index (χ3v) is 16.5. The molecule has 0 spiro atoms. The van der Waals surface area contributed by atoms with E-state index in [9.17, 15) is 9.59 Å². The Balaban J connectivity index is 2.76. The molecule has 0 aliphatic carbocycles. The van der Waals surface area contributed by atoms with Gasteiger partial charge in [0, 0.05) is 0 Å². The molecule has 0 atom stereocenters. The summed E-state index contributed by atoms with van der Waals surface area (Å²) < 4.78 is 2.37. The third-order valence-electron chi connectivity index (χ3n) is 3.24. The molecule has 1 aliphatic rings. The Bertz CT molecular complexity index is 253. The molecule has 0 bridgehead atoms. The normalized spacial score (nSPS) is 18.8. The first kappa shape index (κ1) is 12.9. The maximum atomic E-state index is 11.9. The van der Waals surface area contributed by atoms with Gasteiger partial charge in [-0.25, -0.2) is 0 Å². The second kappa shape index (κ2) is 5.83. The van der Waals surface area contributed by atoms with Gasteiger partial charge in [0.2, 0.25) is 0 Å². The summed E-state index contributed by atoms with van der Waals surface area (Å²) in [6.07, 6.45) is 7.40. The molecule has 0 radical (unpaired) electrons. The summed E-state index contributed by atoms with van der Waals surface area (Å²) in [5, 5.41) is 0. The second-order valence-electron chi connectivity index (χ2n) is 4.35. The first-order chi connectivity index (χ1) is 7.17. The van der Waals surface area contributed by atoms with Crippen molar-refractivity contribution in [2.24, 2.45) is 0 Å². The van der Waals surface area contributed by atoms with Gasteiger partial charge in [-0.15, -0.1) is 0 Å². The van der Waals surface area contributed by atoms with Crippen molar-refractivity contribution in [1.82, 2.24) is 0 Å². The Morgan fingerprint density at radius 3 is 1.67 bits per heavy atom. The summed E-state index contributed by atoms with van der Waals surface area (Å²) in [6.45, 7) is 4.24. The van der Waals surface area contributed by atoms with Crippen LogP contribution < -0.4 is 0 Å². The number of allylic oxidation sites excluding steroid dienone is 2. The van der Waals surface area contributed by atoms with Gasteiger partial charge in [0.15, 0.2) is 0 Å². The minimum atomic E-state index is -3.09. The molecule has 2 nitrogen and oxygen atoms in total. The van der Waals surface area contributed by atoms with Crippen molar-refractivity contribution >= 4 is 26.0 Å². The summed E-state index contributed by atoms with van der Waals surface area (Å²) in [5.74, 6) is 0. The predicted molar refractivity (Wildman–Crippen MR) is 64.3 cm³/mol. The molecule has 0 saturated carbocycles. The van der Waals surface area contributed by atoms with Gasteiger partial charge in [-0.1, -0.05) is 0 Å². The molecule has 1 heterocycles. The van der Waals surface area contributed by atoms with Crippen LogP contribution in [0.15, 0.2) is 12.2 Å². The van der Waals surface area contributed by atoms with Gasteiger partial charge >= 0.3 is 96.1 Å². The van der Waals surface area contributed by atoms with Crippen LogP contribution in [-0.4, -0.2) is 26.0 Å². The Morgan fingerprint density at radius 2 is 1.33 bits per heavy atom. The third kappa shape index (κ3) is 2.71. The number of hydrogen-bond donors (Lipinski definition) is 0. The fraction of sp³-hybridized carbons (Fsp3) is 0.667. The SMILES string of the molecule is CCC[CH2][Sn]1([CH2]CCC)[C](=O)C=C[C]1=O. The van der Waals surface area contributed by atoms with Crippen molar-refractivity contribution in [3.63, 3.8) is 0 Å². The molecule has 1 rings (SSSR count). The van der Waals surface area contributed by atoms with E-state index in [1.54, 1.807) is 12.2 Å². The van der Waals surface area contributed by atoms with Gasteiger partial charge in [0.1, 0.15) is 0 Å². The Hall–Kier alpha value is -0.121. The van der Waals surface area contributed by atoms with Crippen molar-refractivity contribution in [2.75, 3.05) is 0 Å². The summed E-state index contributed by atoms with van der Waals surface area (Å²) in [7, 11) is 0. The minimum absolute atomic E-state index is 0.246. The van der Waals surface area contributed by atoms with Gasteiger partial charge < -0.3 is 0 Å². The topological polar surface area (TPSA) is 34.1 Å². The summed E-state index contributed by atoms with van der Waals surface area (Å²) >= 11 is -3.09. The zero-order valence-corrected chi connectivity index (χ0v) is 12.6. The molecule has 0 fully saturated rings. The number of unbranched alkanes of at least 4 members (excludes halogenated alkanes) is 2. The molecule has 1 aliphatic heterocycles. The monoisotopic (exact) mass is 316 g/mol. The molecule has 0 N–H and O–H groups in total. The summed E-state index contributed by atoms with van der Waals surface area (Å²) in [4.78, 5) is 23.8. The van der Waals surface area contributed by atoms with Crippen LogP contribution in [0.4, 0.5) is 0 Å². The standard InChI is InChI=1S/C4H2O2.2C4H9.Sn/c5-3-1-2-4-6;2*1-3-4-2;/h1-2H;2*1,3-4H2,2H3;. The van der Waals surface area contributed by atoms with E-state index in [4.69, 9.17) is 0 Å². The molecule has 0 aromatic carbocycles. The van der Waals surface area contributed by atoms with Crippen LogP contribution in [0, 0.1) is 0 Å². The van der Waals surface area contributed by atoms with Crippen molar-refractivity contribution in [3.8, 4) is 0 Å². The molecule has 15 heavy (non-hydrogen) atoms. The van der Waals surface area contributed by atoms with Gasteiger partial charge in [-0.3, -0.25) is 0 Å². The molecule has 0 amide bonds. The van der Waals surface area contributed by atoms with Crippen LogP contribution in [0.3, 0.4) is 0 Å². The van der Waals surface area contributed by atoms with Crippen LogP contribution in [0.25, 0.3) is 0 Å². The Labute approximate surface area is 96.0 Å². The molecular weight excluding hydrogens is 295 g/mol. The molecule has 0 aromatic rings. The Kier molecular flexibility index (Phi) is 5.03. The summed E-state index contributed by atoms with van der Waals surface area (Å²) in [6, 6.07) is 0. The second-order valence-corrected chi connectivity index (χ2v) is 16.2. The number of carbonyl (C=O) groups excluding carboxylic acids is 2. The van der Waals surface area contributed by atoms with Crippen LogP contribution in [-0.2, 0) is 9.59 Å². The predicted octanol–water partition coefficient (Wildman–Crippen LogP) is 2.82. The van der Waals surface area contributed by atoms with Crippen molar-refractivity contribution < 1.29 is 9.59 Å². The fourth-order valence-electron chi connectivity index (χ4n) is 2.17. The van der Waals surface area contributed by atoms with Gasteiger partial charge in [0.05, 0.1) is 0 Å². The average Bonchev–Trinajstić information content (AvgIpc) is 2.51. The van der Waals surface area contributed by atoms with Crippen LogP contribution in [0.2, 0.25) is 8.87 Å². The maximum absolute atomic E-state index is 11.9. The molecule has 0 unspecified atom stereocenters. The first-order valence-electron chi connectivity index (χ1n) is 5.94.